The number of benzene rings is 1. The molecular weight excluding hydrogens is 288 g/mol. The Bertz CT molecular complexity index is 663. The summed E-state index contributed by atoms with van der Waals surface area (Å²) in [5.41, 5.74) is 3.63. The number of carbonyl (C=O) groups is 1. The molecule has 4 heterocycles. The lowest BCUT2D eigenvalue weighted by molar-refractivity contribution is -0.899. The van der Waals surface area contributed by atoms with Crippen LogP contribution in [-0.2, 0) is 6.42 Å². The molecule has 1 aliphatic carbocycles. The predicted octanol–water partition coefficient (Wildman–Crippen LogP) is 2.67. The molecule has 0 saturated carbocycles. The lowest BCUT2D eigenvalue weighted by Crippen LogP contribution is -2.66. The van der Waals surface area contributed by atoms with E-state index in [2.05, 4.69) is 11.0 Å². The van der Waals surface area contributed by atoms with Gasteiger partial charge in [-0.2, -0.15) is 0 Å². The molecule has 23 heavy (non-hydrogen) atoms. The van der Waals surface area contributed by atoms with Crippen LogP contribution in [0.15, 0.2) is 18.2 Å². The Morgan fingerprint density at radius 2 is 2.00 bits per heavy atom. The fourth-order valence-corrected chi connectivity index (χ4v) is 5.60. The summed E-state index contributed by atoms with van der Waals surface area (Å²) in [5, 5.41) is 12.7. The molecule has 3 fully saturated rings. The summed E-state index contributed by atoms with van der Waals surface area (Å²) in [5.74, 6) is 1.22. The van der Waals surface area contributed by atoms with Crippen molar-refractivity contribution in [2.45, 2.75) is 44.1 Å². The van der Waals surface area contributed by atoms with Crippen LogP contribution in [-0.4, -0.2) is 47.7 Å². The van der Waals surface area contributed by atoms with E-state index in [4.69, 9.17) is 0 Å². The molecule has 2 atom stereocenters. The van der Waals surface area contributed by atoms with E-state index in [0.29, 0.717) is 18.4 Å². The molecule has 6 rings (SSSR count). The molecule has 0 unspecified atom stereocenters. The molecular formula is C19H24N2O2. The number of amides is 1. The fourth-order valence-electron chi connectivity index (χ4n) is 5.60. The Labute approximate surface area is 137 Å². The molecule has 1 aromatic carbocycles. The van der Waals surface area contributed by atoms with Crippen LogP contribution in [0.5, 0.6) is 0 Å². The molecule has 122 valence electrons. The maximum absolute atomic E-state index is 13.2. The number of quaternary nitrogens is 1. The van der Waals surface area contributed by atoms with Gasteiger partial charge in [-0.25, -0.2) is 0 Å². The van der Waals surface area contributed by atoms with Crippen LogP contribution in [0.3, 0.4) is 0 Å². The monoisotopic (exact) mass is 312 g/mol. The van der Waals surface area contributed by atoms with Crippen LogP contribution < -0.4 is 0 Å². The number of hydroxylamine groups is 3. The van der Waals surface area contributed by atoms with Gasteiger partial charge in [-0.05, 0) is 42.4 Å². The van der Waals surface area contributed by atoms with Gasteiger partial charge in [-0.3, -0.25) is 4.79 Å². The number of piperidine rings is 3. The van der Waals surface area contributed by atoms with E-state index in [0.717, 1.165) is 44.5 Å². The molecule has 1 amide bonds. The number of aryl methyl sites for hydroxylation is 1. The summed E-state index contributed by atoms with van der Waals surface area (Å²) < 4.78 is -0.0670. The van der Waals surface area contributed by atoms with Crippen LogP contribution in [0.2, 0.25) is 0 Å². The van der Waals surface area contributed by atoms with Crippen LogP contribution in [0.25, 0.3) is 0 Å². The lowest BCUT2D eigenvalue weighted by Gasteiger charge is -2.58. The Morgan fingerprint density at radius 1 is 1.17 bits per heavy atom. The van der Waals surface area contributed by atoms with Crippen LogP contribution >= 0.6 is 0 Å². The Balaban J connectivity index is 1.53. The van der Waals surface area contributed by atoms with Gasteiger partial charge < -0.3 is 14.8 Å². The number of fused-ring (bicyclic) bond motifs is 3. The average molecular weight is 312 g/mol. The smallest absolute Gasteiger partial charge is 0.254 e. The Hall–Kier alpha value is -1.39. The topological polar surface area (TPSA) is 43.4 Å². The minimum atomic E-state index is -0.0670. The van der Waals surface area contributed by atoms with E-state index in [1.807, 2.05) is 12.1 Å². The molecule has 0 spiro atoms. The highest BCUT2D eigenvalue weighted by Crippen LogP contribution is 2.42. The van der Waals surface area contributed by atoms with Crippen molar-refractivity contribution in [3.05, 3.63) is 40.1 Å². The normalized spacial score (nSPS) is 38.6. The molecule has 4 nitrogen and oxygen atoms in total. The summed E-state index contributed by atoms with van der Waals surface area (Å²) in [7, 11) is 0. The van der Waals surface area contributed by atoms with Gasteiger partial charge >= 0.3 is 0 Å². The highest BCUT2D eigenvalue weighted by atomic mass is 16.5. The molecule has 4 heteroatoms. The van der Waals surface area contributed by atoms with Crippen LogP contribution in [0.1, 0.15) is 53.1 Å². The van der Waals surface area contributed by atoms with E-state index >= 15 is 0 Å². The van der Waals surface area contributed by atoms with Crippen molar-refractivity contribution in [2.75, 3.05) is 26.2 Å². The third-order valence-electron chi connectivity index (χ3n) is 6.79. The van der Waals surface area contributed by atoms with Crippen molar-refractivity contribution in [3.8, 4) is 0 Å². The number of hydrogen-bond acceptors (Lipinski definition) is 2. The second-order valence-corrected chi connectivity index (χ2v) is 8.02. The van der Waals surface area contributed by atoms with Crippen molar-refractivity contribution in [1.82, 2.24) is 4.90 Å². The molecule has 4 aliphatic heterocycles. The third-order valence-corrected chi connectivity index (χ3v) is 6.79. The number of rotatable bonds is 1. The molecule has 1 aromatic rings. The first-order valence-corrected chi connectivity index (χ1v) is 9.14. The average Bonchev–Trinajstić information content (AvgIpc) is 2.58. The van der Waals surface area contributed by atoms with Crippen molar-refractivity contribution in [1.29, 1.82) is 0 Å². The van der Waals surface area contributed by atoms with Gasteiger partial charge in [0.25, 0.3) is 5.91 Å². The van der Waals surface area contributed by atoms with Gasteiger partial charge in [0.1, 0.15) is 0 Å². The van der Waals surface area contributed by atoms with Gasteiger partial charge in [-0.15, -0.1) is 0 Å². The van der Waals surface area contributed by atoms with Crippen molar-refractivity contribution < 1.29 is 9.44 Å². The quantitative estimate of drug-likeness (QED) is 0.591. The zero-order valence-corrected chi connectivity index (χ0v) is 13.5. The molecule has 3 saturated heterocycles. The number of nitrogens with zero attached hydrogens (tertiary/aromatic N) is 2. The minimum absolute atomic E-state index is 0.0670. The molecule has 0 N–H and O–H groups in total. The second kappa shape index (κ2) is 4.81. The maximum atomic E-state index is 13.2. The first-order valence-electron chi connectivity index (χ1n) is 9.14. The lowest BCUT2D eigenvalue weighted by atomic mass is 9.75. The fraction of sp³-hybridized carbons (Fsp3) is 0.632. The van der Waals surface area contributed by atoms with Gasteiger partial charge in [0.2, 0.25) is 0 Å². The number of carbonyl (C=O) groups excluding carboxylic acids is 1. The van der Waals surface area contributed by atoms with E-state index in [1.54, 1.807) is 0 Å². The minimum Gasteiger partial charge on any atom is -0.633 e. The van der Waals surface area contributed by atoms with Gasteiger partial charge in [0.05, 0.1) is 25.7 Å². The highest BCUT2D eigenvalue weighted by molar-refractivity contribution is 5.97. The van der Waals surface area contributed by atoms with Crippen molar-refractivity contribution >= 4 is 5.91 Å². The Morgan fingerprint density at radius 3 is 2.78 bits per heavy atom. The highest BCUT2D eigenvalue weighted by Gasteiger charge is 2.47. The SMILES string of the molecule is O=C1c2cccc3c2[C@H](CCC3)CN1[C@@H]1C[N+]2([O-])CCC1CC2. The molecule has 2 bridgehead atoms. The van der Waals surface area contributed by atoms with Crippen molar-refractivity contribution in [3.63, 3.8) is 0 Å². The van der Waals surface area contributed by atoms with Gasteiger partial charge in [0.15, 0.2) is 0 Å². The maximum Gasteiger partial charge on any atom is 0.254 e. The van der Waals surface area contributed by atoms with Gasteiger partial charge in [-0.1, -0.05) is 12.1 Å². The van der Waals surface area contributed by atoms with E-state index < -0.39 is 0 Å². The summed E-state index contributed by atoms with van der Waals surface area (Å²) in [6.07, 6.45) is 5.51. The zero-order valence-electron chi connectivity index (χ0n) is 13.5. The van der Waals surface area contributed by atoms with E-state index in [-0.39, 0.29) is 16.6 Å². The summed E-state index contributed by atoms with van der Waals surface area (Å²) in [6, 6.07) is 6.41. The van der Waals surface area contributed by atoms with Gasteiger partial charge in [0, 0.05) is 30.9 Å². The summed E-state index contributed by atoms with van der Waals surface area (Å²) in [4.78, 5) is 15.2. The molecule has 0 aromatic heterocycles. The largest absolute Gasteiger partial charge is 0.633 e. The van der Waals surface area contributed by atoms with Crippen LogP contribution in [0, 0.1) is 11.1 Å². The zero-order chi connectivity index (χ0) is 15.6. The summed E-state index contributed by atoms with van der Waals surface area (Å²) in [6.45, 7) is 2.98. The molecule has 5 aliphatic rings. The van der Waals surface area contributed by atoms with Crippen molar-refractivity contribution in [2.24, 2.45) is 5.92 Å². The third kappa shape index (κ3) is 2.01. The first kappa shape index (κ1) is 14.0. The number of hydrogen-bond donors (Lipinski definition) is 0. The Kier molecular flexibility index (Phi) is 2.92. The summed E-state index contributed by atoms with van der Waals surface area (Å²) >= 11 is 0. The first-order chi connectivity index (χ1) is 11.1. The second-order valence-electron chi connectivity index (χ2n) is 8.02. The van der Waals surface area contributed by atoms with E-state index in [1.165, 1.54) is 24.0 Å². The van der Waals surface area contributed by atoms with E-state index in [9.17, 15) is 10.0 Å². The molecule has 0 radical (unpaired) electrons. The standard InChI is InChI=1S/C19H24N2O2/c22-19-16-6-2-4-14-3-1-5-15(18(14)16)11-20(19)17-12-21(23)9-7-13(17)8-10-21/h2,4,6,13,15,17H,1,3,5,7-12H2/t13?,15-,17-,21?/m1/s1. The predicted molar refractivity (Wildman–Crippen MR) is 87.9 cm³/mol. The van der Waals surface area contributed by atoms with Crippen LogP contribution in [0.4, 0.5) is 0 Å².